The van der Waals surface area contributed by atoms with Crippen LogP contribution >= 0.6 is 33.5 Å². The molecular weight excluding hydrogens is 243 g/mol. The van der Waals surface area contributed by atoms with Crippen LogP contribution in [0.4, 0.5) is 9.59 Å². The summed E-state index contributed by atoms with van der Waals surface area (Å²) in [7, 11) is -4.82. The van der Waals surface area contributed by atoms with Gasteiger partial charge in [0, 0.05) is 0 Å². The maximum absolute atomic E-state index is 10.6. The molecule has 1 unspecified atom stereocenters. The number of carbonyl (C=O) groups is 2. The van der Waals surface area contributed by atoms with E-state index in [2.05, 4.69) is 40.4 Å². The Balaban J connectivity index is 4.26. The van der Waals surface area contributed by atoms with E-state index in [4.69, 9.17) is 4.89 Å². The van der Waals surface area contributed by atoms with E-state index >= 15 is 0 Å². The summed E-state index contributed by atoms with van der Waals surface area (Å²) in [5.41, 5.74) is 4.39. The van der Waals surface area contributed by atoms with Crippen LogP contribution < -0.4 is 5.73 Å². The lowest BCUT2D eigenvalue weighted by molar-refractivity contribution is 0.157. The third-order valence-corrected chi connectivity index (χ3v) is 1.69. The fraction of sp³-hybridized carbons (Fsp3) is 0. The van der Waals surface area contributed by atoms with E-state index in [1.165, 1.54) is 0 Å². The number of hydrogen-bond acceptors (Lipinski definition) is 7. The molecule has 0 aromatic carbocycles. The third kappa shape index (κ3) is 5.64. The Morgan fingerprint density at radius 3 is 2.15 bits per heavy atom. The number of amides is 2. The molecule has 0 aliphatic heterocycles. The summed E-state index contributed by atoms with van der Waals surface area (Å²) in [6, 6.07) is 0. The normalized spacial score (nSPS) is 14.1. The molecule has 0 aliphatic rings. The van der Waals surface area contributed by atoms with E-state index in [1.54, 1.807) is 0 Å². The predicted octanol–water partition coefficient (Wildman–Crippen LogP) is 0.310. The summed E-state index contributed by atoms with van der Waals surface area (Å²) in [5.74, 6) is 0. The van der Waals surface area contributed by atoms with Gasteiger partial charge in [0.05, 0.1) is 0 Å². The molecule has 0 bridgehead atoms. The minimum atomic E-state index is -4.82. The molecule has 0 aromatic heterocycles. The number of hydrogen-bond donors (Lipinski definition) is 4. The summed E-state index contributed by atoms with van der Waals surface area (Å²) in [4.78, 5) is 29.1. The Bertz CT molecular complexity index is 267. The van der Waals surface area contributed by atoms with Crippen LogP contribution in [0.5, 0.6) is 0 Å². The number of nitrogens with zero attached hydrogens (tertiary/aromatic N) is 1. The van der Waals surface area contributed by atoms with Gasteiger partial charge < -0.3 is 14.8 Å². The lowest BCUT2D eigenvalue weighted by atomic mass is 11.3. The smallest absolute Gasteiger partial charge is 0.344 e. The minimum absolute atomic E-state index is 0.271. The van der Waals surface area contributed by atoms with Gasteiger partial charge in [-0.15, -0.1) is 0 Å². The highest BCUT2D eigenvalue weighted by molar-refractivity contribution is 7.94. The summed E-state index contributed by atoms with van der Waals surface area (Å²) in [6.45, 7) is 0. The minimum Gasteiger partial charge on any atom is -0.344 e. The molecule has 76 valence electrons. The molecule has 0 heterocycles. The molecule has 0 saturated heterocycles. The maximum atomic E-state index is 10.6. The summed E-state index contributed by atoms with van der Waals surface area (Å²) in [5, 5.41) is 0. The Morgan fingerprint density at radius 1 is 1.38 bits per heavy atom. The zero-order valence-corrected chi connectivity index (χ0v) is 8.54. The zero-order chi connectivity index (χ0) is 10.6. The van der Waals surface area contributed by atoms with Gasteiger partial charge in [-0.3, -0.25) is 4.89 Å². The first-order valence-electron chi connectivity index (χ1n) is 2.48. The van der Waals surface area contributed by atoms with Crippen LogP contribution in [-0.4, -0.2) is 20.8 Å². The van der Waals surface area contributed by atoms with E-state index in [9.17, 15) is 14.2 Å². The van der Waals surface area contributed by atoms with Crippen molar-refractivity contribution in [1.29, 1.82) is 0 Å². The first-order valence-corrected chi connectivity index (χ1v) is 4.77. The SMILES string of the molecule is NC(=O)OP(=O)(O)OC(=O)N(S)S. The lowest BCUT2D eigenvalue weighted by Crippen LogP contribution is -2.17. The first-order chi connectivity index (χ1) is 5.74. The fourth-order valence-electron chi connectivity index (χ4n) is 0.268. The molecule has 0 radical (unpaired) electrons. The Labute approximate surface area is 83.7 Å². The monoisotopic (exact) mass is 248 g/mol. The number of nitrogens with two attached hydrogens (primary N) is 1. The summed E-state index contributed by atoms with van der Waals surface area (Å²) >= 11 is 6.63. The Morgan fingerprint density at radius 2 is 1.85 bits per heavy atom. The highest BCUT2D eigenvalue weighted by Gasteiger charge is 2.31. The topological polar surface area (TPSA) is 119 Å². The van der Waals surface area contributed by atoms with E-state index in [1.807, 2.05) is 0 Å². The number of primary amides is 1. The van der Waals surface area contributed by atoms with Gasteiger partial charge in [-0.25, -0.2) is 14.2 Å². The number of phosphoric acid groups is 1. The molecule has 1 atom stereocenters. The molecule has 0 aromatic rings. The van der Waals surface area contributed by atoms with Gasteiger partial charge in [0.15, 0.2) is 0 Å². The van der Waals surface area contributed by atoms with Crippen LogP contribution in [0.2, 0.25) is 0 Å². The third-order valence-electron chi connectivity index (χ3n) is 0.562. The van der Waals surface area contributed by atoms with Crippen molar-refractivity contribution in [3.05, 3.63) is 0 Å². The van der Waals surface area contributed by atoms with Crippen LogP contribution in [0.3, 0.4) is 0 Å². The number of rotatable bonds is 2. The molecule has 8 nitrogen and oxygen atoms in total. The van der Waals surface area contributed by atoms with E-state index < -0.39 is 20.0 Å². The standard InChI is InChI=1S/C2H5N2O6PS2/c3-1(5)9-11(7,8)10-2(6)4(12)13/h12-13H,(H2,3,5)(H,7,8). The van der Waals surface area contributed by atoms with Crippen molar-refractivity contribution in [1.82, 2.24) is 3.71 Å². The molecule has 0 fully saturated rings. The van der Waals surface area contributed by atoms with Gasteiger partial charge in [0.25, 0.3) is 0 Å². The molecule has 0 saturated carbocycles. The number of thiol groups is 2. The van der Waals surface area contributed by atoms with Crippen LogP contribution in [0, 0.1) is 0 Å². The highest BCUT2D eigenvalue weighted by atomic mass is 32.2. The van der Waals surface area contributed by atoms with Crippen molar-refractivity contribution >= 4 is 45.6 Å². The Hall–Kier alpha value is -0.570. The van der Waals surface area contributed by atoms with Crippen LogP contribution in [0.25, 0.3) is 0 Å². The van der Waals surface area contributed by atoms with Crippen molar-refractivity contribution < 1.29 is 28.1 Å². The fourth-order valence-corrected chi connectivity index (χ4v) is 1.02. The molecule has 0 spiro atoms. The van der Waals surface area contributed by atoms with Crippen LogP contribution in [0.1, 0.15) is 0 Å². The molecule has 0 rings (SSSR count). The quantitative estimate of drug-likeness (QED) is 0.412. The zero-order valence-electron chi connectivity index (χ0n) is 5.85. The van der Waals surface area contributed by atoms with Crippen molar-refractivity contribution in [3.63, 3.8) is 0 Å². The average molecular weight is 248 g/mol. The van der Waals surface area contributed by atoms with Crippen LogP contribution in [0.15, 0.2) is 0 Å². The maximum Gasteiger partial charge on any atom is 0.591 e. The second-order valence-corrected chi connectivity index (χ2v) is 3.94. The van der Waals surface area contributed by atoms with Crippen molar-refractivity contribution in [2.24, 2.45) is 5.73 Å². The highest BCUT2D eigenvalue weighted by Crippen LogP contribution is 2.43. The average Bonchev–Trinajstić information content (AvgIpc) is 1.81. The lowest BCUT2D eigenvalue weighted by Gasteiger charge is -2.11. The number of phosphoric ester groups is 1. The number of carbonyl (C=O) groups excluding carboxylic acids is 2. The molecule has 3 N–H and O–H groups in total. The predicted molar refractivity (Wildman–Crippen MR) is 46.8 cm³/mol. The second-order valence-electron chi connectivity index (χ2n) is 1.53. The van der Waals surface area contributed by atoms with Gasteiger partial charge in [-0.2, -0.15) is 3.71 Å². The van der Waals surface area contributed by atoms with E-state index in [0.717, 1.165) is 0 Å². The van der Waals surface area contributed by atoms with Gasteiger partial charge in [-0.1, -0.05) is 0 Å². The van der Waals surface area contributed by atoms with E-state index in [-0.39, 0.29) is 3.71 Å². The second kappa shape index (κ2) is 4.61. The van der Waals surface area contributed by atoms with Crippen molar-refractivity contribution in [3.8, 4) is 0 Å². The summed E-state index contributed by atoms with van der Waals surface area (Å²) < 4.78 is 18.2. The van der Waals surface area contributed by atoms with Gasteiger partial charge in [0.1, 0.15) is 0 Å². The largest absolute Gasteiger partial charge is 0.591 e. The van der Waals surface area contributed by atoms with Gasteiger partial charge in [-0.05, 0) is 25.6 Å². The first kappa shape index (κ1) is 12.4. The van der Waals surface area contributed by atoms with Gasteiger partial charge in [0.2, 0.25) is 0 Å². The summed E-state index contributed by atoms with van der Waals surface area (Å²) in [6.07, 6.45) is -2.94. The van der Waals surface area contributed by atoms with Crippen molar-refractivity contribution in [2.45, 2.75) is 0 Å². The Kier molecular flexibility index (Phi) is 4.40. The molecule has 13 heavy (non-hydrogen) atoms. The molecular formula is C2H5N2O6PS2. The van der Waals surface area contributed by atoms with Crippen molar-refractivity contribution in [2.75, 3.05) is 0 Å². The molecule has 11 heteroatoms. The van der Waals surface area contributed by atoms with E-state index in [0.29, 0.717) is 0 Å². The molecule has 0 aliphatic carbocycles. The molecule has 2 amide bonds. The van der Waals surface area contributed by atoms with Crippen LogP contribution in [-0.2, 0) is 13.6 Å². The van der Waals surface area contributed by atoms with Gasteiger partial charge >= 0.3 is 20.0 Å².